The summed E-state index contributed by atoms with van der Waals surface area (Å²) in [7, 11) is 0. The summed E-state index contributed by atoms with van der Waals surface area (Å²) in [5, 5.41) is 0. The molecule has 116 valence electrons. The molecule has 3 rings (SSSR count). The van der Waals surface area contributed by atoms with Crippen LogP contribution in [-0.2, 0) is 0 Å². The first kappa shape index (κ1) is 14.7. The van der Waals surface area contributed by atoms with E-state index in [1.165, 1.54) is 25.8 Å². The predicted molar refractivity (Wildman–Crippen MR) is 83.9 cm³/mol. The maximum Gasteiger partial charge on any atom is 0.161 e. The van der Waals surface area contributed by atoms with E-state index < -0.39 is 0 Å². The van der Waals surface area contributed by atoms with Gasteiger partial charge in [0.05, 0.1) is 13.2 Å². The van der Waals surface area contributed by atoms with Gasteiger partial charge in [-0.2, -0.15) is 0 Å². The Morgan fingerprint density at radius 3 is 2.86 bits per heavy atom. The zero-order valence-corrected chi connectivity index (χ0v) is 12.9. The van der Waals surface area contributed by atoms with Crippen LogP contribution in [0.25, 0.3) is 0 Å². The van der Waals surface area contributed by atoms with Crippen molar-refractivity contribution >= 4 is 0 Å². The van der Waals surface area contributed by atoms with Gasteiger partial charge in [-0.25, -0.2) is 0 Å². The van der Waals surface area contributed by atoms with Crippen molar-refractivity contribution in [2.45, 2.75) is 44.7 Å². The van der Waals surface area contributed by atoms with Crippen molar-refractivity contribution in [1.82, 2.24) is 4.90 Å². The van der Waals surface area contributed by atoms with Gasteiger partial charge in [0.15, 0.2) is 11.5 Å². The number of nitrogens with two attached hydrogens (primary N) is 1. The Morgan fingerprint density at radius 1 is 1.24 bits per heavy atom. The molecule has 2 atom stereocenters. The van der Waals surface area contributed by atoms with E-state index in [2.05, 4.69) is 24.0 Å². The second-order valence-electron chi connectivity index (χ2n) is 6.06. The Kier molecular flexibility index (Phi) is 4.66. The maximum absolute atomic E-state index is 6.43. The minimum atomic E-state index is 0.0364. The molecule has 0 amide bonds. The predicted octanol–water partition coefficient (Wildman–Crippen LogP) is 2.72. The van der Waals surface area contributed by atoms with Crippen molar-refractivity contribution in [2.75, 3.05) is 26.3 Å². The lowest BCUT2D eigenvalue weighted by molar-refractivity contribution is 0.234. The highest BCUT2D eigenvalue weighted by atomic mass is 16.5. The third kappa shape index (κ3) is 3.33. The van der Waals surface area contributed by atoms with Crippen LogP contribution in [0.4, 0.5) is 0 Å². The van der Waals surface area contributed by atoms with Gasteiger partial charge in [0, 0.05) is 25.0 Å². The van der Waals surface area contributed by atoms with Gasteiger partial charge in [-0.15, -0.1) is 0 Å². The Bertz CT molecular complexity index is 478. The van der Waals surface area contributed by atoms with Crippen LogP contribution < -0.4 is 15.2 Å². The van der Waals surface area contributed by atoms with Crippen LogP contribution in [0, 0.1) is 0 Å². The smallest absolute Gasteiger partial charge is 0.161 e. The Morgan fingerprint density at radius 2 is 2.05 bits per heavy atom. The summed E-state index contributed by atoms with van der Waals surface area (Å²) >= 11 is 0. The van der Waals surface area contributed by atoms with Crippen molar-refractivity contribution < 1.29 is 9.47 Å². The van der Waals surface area contributed by atoms with Crippen molar-refractivity contribution in [3.8, 4) is 11.5 Å². The van der Waals surface area contributed by atoms with Crippen molar-refractivity contribution in [3.63, 3.8) is 0 Å². The molecular formula is C17H26N2O2. The van der Waals surface area contributed by atoms with Crippen molar-refractivity contribution in [2.24, 2.45) is 5.73 Å². The largest absolute Gasteiger partial charge is 0.490 e. The van der Waals surface area contributed by atoms with Crippen LogP contribution >= 0.6 is 0 Å². The van der Waals surface area contributed by atoms with Crippen LogP contribution in [0.15, 0.2) is 18.2 Å². The molecule has 0 aromatic heterocycles. The van der Waals surface area contributed by atoms with E-state index in [4.69, 9.17) is 15.2 Å². The van der Waals surface area contributed by atoms with Crippen molar-refractivity contribution in [3.05, 3.63) is 23.8 Å². The van der Waals surface area contributed by atoms with Gasteiger partial charge >= 0.3 is 0 Å². The Hall–Kier alpha value is -1.26. The van der Waals surface area contributed by atoms with E-state index in [-0.39, 0.29) is 6.04 Å². The Balaban J connectivity index is 1.69. The second-order valence-corrected chi connectivity index (χ2v) is 6.06. The van der Waals surface area contributed by atoms with Gasteiger partial charge in [0.1, 0.15) is 0 Å². The summed E-state index contributed by atoms with van der Waals surface area (Å²) in [5.41, 5.74) is 7.57. The second kappa shape index (κ2) is 6.67. The molecule has 0 bridgehead atoms. The molecule has 4 heteroatoms. The number of nitrogens with zero attached hydrogens (tertiary/aromatic N) is 1. The van der Waals surface area contributed by atoms with E-state index in [9.17, 15) is 0 Å². The standard InChI is InChI=1S/C17H26N2O2/c1-2-14-5-3-8-19(14)12-15(18)13-6-7-16-17(11-13)21-10-4-9-20-16/h6-7,11,14-15H,2-5,8-10,12,18H2,1H3. The average molecular weight is 290 g/mol. The summed E-state index contributed by atoms with van der Waals surface area (Å²) in [6, 6.07) is 6.88. The summed E-state index contributed by atoms with van der Waals surface area (Å²) in [6.07, 6.45) is 4.76. The van der Waals surface area contributed by atoms with Gasteiger partial charge in [0.25, 0.3) is 0 Å². The number of rotatable bonds is 4. The molecule has 2 unspecified atom stereocenters. The monoisotopic (exact) mass is 290 g/mol. The topological polar surface area (TPSA) is 47.7 Å². The SMILES string of the molecule is CCC1CCCN1CC(N)c1ccc2c(c1)OCCCO2. The third-order valence-electron chi connectivity index (χ3n) is 4.60. The van der Waals surface area contributed by atoms with E-state index in [0.717, 1.165) is 43.2 Å². The molecule has 1 aromatic rings. The highest BCUT2D eigenvalue weighted by Gasteiger charge is 2.25. The van der Waals surface area contributed by atoms with Crippen LogP contribution in [0.1, 0.15) is 44.2 Å². The number of likely N-dealkylation sites (tertiary alicyclic amines) is 1. The minimum Gasteiger partial charge on any atom is -0.490 e. The van der Waals surface area contributed by atoms with E-state index in [1.807, 2.05) is 6.07 Å². The average Bonchev–Trinajstić information content (AvgIpc) is 2.81. The van der Waals surface area contributed by atoms with Gasteiger partial charge in [-0.3, -0.25) is 4.90 Å². The molecule has 4 nitrogen and oxygen atoms in total. The molecule has 2 aliphatic heterocycles. The molecule has 0 aliphatic carbocycles. The maximum atomic E-state index is 6.43. The van der Waals surface area contributed by atoms with Gasteiger partial charge in [-0.05, 0) is 43.5 Å². The summed E-state index contributed by atoms with van der Waals surface area (Å²) < 4.78 is 11.4. The molecular weight excluding hydrogens is 264 g/mol. The fraction of sp³-hybridized carbons (Fsp3) is 0.647. The van der Waals surface area contributed by atoms with Gasteiger partial charge in [-0.1, -0.05) is 13.0 Å². The van der Waals surface area contributed by atoms with Crippen LogP contribution in [0.5, 0.6) is 11.5 Å². The molecule has 21 heavy (non-hydrogen) atoms. The van der Waals surface area contributed by atoms with E-state index in [0.29, 0.717) is 6.04 Å². The Labute approximate surface area is 127 Å². The van der Waals surface area contributed by atoms with Gasteiger partial charge < -0.3 is 15.2 Å². The molecule has 2 heterocycles. The first-order valence-electron chi connectivity index (χ1n) is 8.17. The van der Waals surface area contributed by atoms with E-state index in [1.54, 1.807) is 0 Å². The first-order valence-corrected chi connectivity index (χ1v) is 8.17. The van der Waals surface area contributed by atoms with Gasteiger partial charge in [0.2, 0.25) is 0 Å². The number of ether oxygens (including phenoxy) is 2. The fourth-order valence-electron chi connectivity index (χ4n) is 3.37. The van der Waals surface area contributed by atoms with Crippen molar-refractivity contribution in [1.29, 1.82) is 0 Å². The lowest BCUT2D eigenvalue weighted by Gasteiger charge is -2.27. The molecule has 0 saturated carbocycles. The van der Waals surface area contributed by atoms with Crippen LogP contribution in [0.3, 0.4) is 0 Å². The molecule has 1 fully saturated rings. The van der Waals surface area contributed by atoms with Crippen LogP contribution in [-0.4, -0.2) is 37.2 Å². The molecule has 1 aromatic carbocycles. The molecule has 2 N–H and O–H groups in total. The molecule has 1 saturated heterocycles. The lowest BCUT2D eigenvalue weighted by atomic mass is 10.1. The minimum absolute atomic E-state index is 0.0364. The molecule has 0 spiro atoms. The fourth-order valence-corrected chi connectivity index (χ4v) is 3.37. The third-order valence-corrected chi connectivity index (χ3v) is 4.60. The first-order chi connectivity index (χ1) is 10.3. The number of hydrogen-bond donors (Lipinski definition) is 1. The summed E-state index contributed by atoms with van der Waals surface area (Å²) in [5.74, 6) is 1.69. The van der Waals surface area contributed by atoms with Crippen LogP contribution in [0.2, 0.25) is 0 Å². The highest BCUT2D eigenvalue weighted by Crippen LogP contribution is 2.32. The molecule has 2 aliphatic rings. The zero-order valence-electron chi connectivity index (χ0n) is 12.9. The lowest BCUT2D eigenvalue weighted by Crippen LogP contribution is -2.35. The summed E-state index contributed by atoms with van der Waals surface area (Å²) in [4.78, 5) is 2.54. The quantitative estimate of drug-likeness (QED) is 0.926. The number of benzene rings is 1. The zero-order chi connectivity index (χ0) is 14.7. The normalized spacial score (nSPS) is 23.8. The highest BCUT2D eigenvalue weighted by molar-refractivity contribution is 5.44. The molecule has 0 radical (unpaired) electrons. The number of hydrogen-bond acceptors (Lipinski definition) is 4. The number of fused-ring (bicyclic) bond motifs is 1. The van der Waals surface area contributed by atoms with E-state index >= 15 is 0 Å². The summed E-state index contributed by atoms with van der Waals surface area (Å²) in [6.45, 7) is 5.82.